The van der Waals surface area contributed by atoms with Gasteiger partial charge in [-0.3, -0.25) is 19.4 Å². The minimum Gasteiger partial charge on any atom is -0.490 e. The summed E-state index contributed by atoms with van der Waals surface area (Å²) in [6.07, 6.45) is 6.87. The van der Waals surface area contributed by atoms with Crippen molar-refractivity contribution in [1.29, 1.82) is 0 Å². The van der Waals surface area contributed by atoms with Gasteiger partial charge in [-0.2, -0.15) is 0 Å². The molecule has 0 saturated heterocycles. The number of carbonyl (C=O) groups is 1. The first-order chi connectivity index (χ1) is 19.0. The van der Waals surface area contributed by atoms with Crippen molar-refractivity contribution in [3.8, 4) is 5.75 Å². The Morgan fingerprint density at radius 2 is 1.93 bits per heavy atom. The molecule has 1 amide bonds. The van der Waals surface area contributed by atoms with Gasteiger partial charge in [-0.1, -0.05) is 6.92 Å². The molecule has 0 spiro atoms. The second-order valence-electron chi connectivity index (χ2n) is 10.9. The Morgan fingerprint density at radius 1 is 1.20 bits per heavy atom. The molecule has 222 valence electrons. The van der Waals surface area contributed by atoms with E-state index in [1.807, 2.05) is 26.1 Å². The number of hydrogen-bond donors (Lipinski definition) is 2. The van der Waals surface area contributed by atoms with Gasteiger partial charge in [-0.25, -0.2) is 8.42 Å². The van der Waals surface area contributed by atoms with Crippen molar-refractivity contribution < 1.29 is 27.8 Å². The molecule has 1 aromatic heterocycles. The number of hydrogen-bond acceptors (Lipinski definition) is 8. The molecule has 0 saturated carbocycles. The van der Waals surface area contributed by atoms with Crippen LogP contribution in [0.25, 0.3) is 0 Å². The molecule has 10 nitrogen and oxygen atoms in total. The quantitative estimate of drug-likeness (QED) is 0.491. The van der Waals surface area contributed by atoms with Crippen molar-refractivity contribution in [1.82, 2.24) is 14.8 Å². The number of pyridine rings is 1. The lowest BCUT2D eigenvalue weighted by atomic mass is 10.0. The third-order valence-electron chi connectivity index (χ3n) is 7.05. The maximum atomic E-state index is 14.0. The molecule has 3 rings (SSSR count). The molecule has 1 aliphatic heterocycles. The van der Waals surface area contributed by atoms with E-state index in [9.17, 15) is 18.3 Å². The third kappa shape index (κ3) is 9.72. The number of aliphatic hydroxyl groups excluding tert-OH is 1. The van der Waals surface area contributed by atoms with Crippen LogP contribution in [-0.4, -0.2) is 92.1 Å². The number of anilines is 1. The lowest BCUT2D eigenvalue weighted by Crippen LogP contribution is -2.47. The third-order valence-corrected chi connectivity index (χ3v) is 7.65. The first kappa shape index (κ1) is 31.8. The van der Waals surface area contributed by atoms with Gasteiger partial charge in [0, 0.05) is 50.2 Å². The van der Waals surface area contributed by atoms with Crippen molar-refractivity contribution in [2.24, 2.45) is 5.92 Å². The fourth-order valence-corrected chi connectivity index (χ4v) is 5.39. The van der Waals surface area contributed by atoms with Gasteiger partial charge in [0.25, 0.3) is 5.91 Å². The number of aliphatic hydroxyl groups is 1. The molecule has 0 aliphatic carbocycles. The monoisotopic (exact) mass is 576 g/mol. The summed E-state index contributed by atoms with van der Waals surface area (Å²) in [5.41, 5.74) is 1.67. The minimum atomic E-state index is -3.55. The van der Waals surface area contributed by atoms with Gasteiger partial charge < -0.3 is 19.5 Å². The van der Waals surface area contributed by atoms with Crippen LogP contribution in [0.15, 0.2) is 42.7 Å². The number of aromatic nitrogens is 1. The predicted octanol–water partition coefficient (Wildman–Crippen LogP) is 3.38. The average Bonchev–Trinajstić information content (AvgIpc) is 2.90. The van der Waals surface area contributed by atoms with Gasteiger partial charge in [-0.15, -0.1) is 0 Å². The van der Waals surface area contributed by atoms with Crippen LogP contribution in [-0.2, 0) is 21.3 Å². The van der Waals surface area contributed by atoms with Gasteiger partial charge in [0.05, 0.1) is 36.7 Å². The van der Waals surface area contributed by atoms with Crippen LogP contribution in [0.3, 0.4) is 0 Å². The van der Waals surface area contributed by atoms with E-state index in [1.165, 1.54) is 6.07 Å². The number of nitrogens with one attached hydrogen (secondary N) is 1. The molecule has 0 bridgehead atoms. The van der Waals surface area contributed by atoms with Gasteiger partial charge in [0.1, 0.15) is 5.75 Å². The Bertz CT molecular complexity index is 1200. The standard InChI is InChI=1S/C29H44N4O6S/c1-21-17-33(22(2)20-34)29(35)26-16-25(31-40(5,36)37)9-10-27(26)39-23(3)8-6-7-15-38-28(21)19-32(4)18-24-11-13-30-14-12-24/h9-14,16,21-23,28,31,34H,6-8,15,17-20H2,1-5H3/t21-,22-,23-,28+/m1/s1. The smallest absolute Gasteiger partial charge is 0.258 e. The zero-order valence-corrected chi connectivity index (χ0v) is 25.1. The van der Waals surface area contributed by atoms with Crippen molar-refractivity contribution >= 4 is 21.6 Å². The number of rotatable bonds is 8. The molecule has 0 radical (unpaired) electrons. The SMILES string of the molecule is C[C@@H]1CCCCO[C@@H](CN(C)Cc2ccncc2)[C@H](C)CN([C@H](C)CO)C(=O)c2cc(NS(C)(=O)=O)ccc2O1. The highest BCUT2D eigenvalue weighted by Crippen LogP contribution is 2.29. The Labute approximate surface area is 238 Å². The van der Waals surface area contributed by atoms with E-state index in [0.717, 1.165) is 37.6 Å². The first-order valence-electron chi connectivity index (χ1n) is 13.9. The van der Waals surface area contributed by atoms with E-state index in [1.54, 1.807) is 36.4 Å². The van der Waals surface area contributed by atoms with E-state index in [0.29, 0.717) is 25.4 Å². The highest BCUT2D eigenvalue weighted by atomic mass is 32.2. The average molecular weight is 577 g/mol. The number of benzene rings is 1. The van der Waals surface area contributed by atoms with E-state index in [-0.39, 0.29) is 41.9 Å². The lowest BCUT2D eigenvalue weighted by molar-refractivity contribution is -0.0177. The summed E-state index contributed by atoms with van der Waals surface area (Å²) >= 11 is 0. The molecular weight excluding hydrogens is 532 g/mol. The van der Waals surface area contributed by atoms with E-state index >= 15 is 0 Å². The summed E-state index contributed by atoms with van der Waals surface area (Å²) in [6.45, 7) is 7.93. The number of carbonyl (C=O) groups excluding carboxylic acids is 1. The molecule has 11 heteroatoms. The molecular formula is C29H44N4O6S. The Balaban J connectivity index is 1.92. The Kier molecular flexibility index (Phi) is 11.7. The molecule has 1 aliphatic rings. The molecule has 2 aromatic rings. The normalized spacial score (nSPS) is 22.2. The lowest BCUT2D eigenvalue weighted by Gasteiger charge is -2.36. The molecule has 1 aromatic carbocycles. The number of nitrogens with zero attached hydrogens (tertiary/aromatic N) is 3. The van der Waals surface area contributed by atoms with E-state index in [2.05, 4.69) is 21.5 Å². The second kappa shape index (κ2) is 14.8. The maximum Gasteiger partial charge on any atom is 0.258 e. The molecule has 0 fully saturated rings. The molecule has 2 N–H and O–H groups in total. The van der Waals surface area contributed by atoms with Gasteiger partial charge in [-0.05, 0) is 76.1 Å². The summed E-state index contributed by atoms with van der Waals surface area (Å²) < 4.78 is 38.8. The topological polar surface area (TPSA) is 121 Å². The zero-order valence-electron chi connectivity index (χ0n) is 24.2. The largest absolute Gasteiger partial charge is 0.490 e. The van der Waals surface area contributed by atoms with Crippen LogP contribution in [0, 0.1) is 5.92 Å². The second-order valence-corrected chi connectivity index (χ2v) is 12.7. The molecule has 0 unspecified atom stereocenters. The van der Waals surface area contributed by atoms with Crippen molar-refractivity contribution in [3.63, 3.8) is 0 Å². The van der Waals surface area contributed by atoms with Crippen LogP contribution in [0.5, 0.6) is 5.75 Å². The molecule has 2 heterocycles. The number of ether oxygens (including phenoxy) is 2. The summed E-state index contributed by atoms with van der Waals surface area (Å²) in [4.78, 5) is 22.0. The van der Waals surface area contributed by atoms with Crippen molar-refractivity contribution in [2.75, 3.05) is 44.3 Å². The molecule has 4 atom stereocenters. The highest BCUT2D eigenvalue weighted by Gasteiger charge is 2.30. The van der Waals surface area contributed by atoms with Crippen LogP contribution in [0.4, 0.5) is 5.69 Å². The van der Waals surface area contributed by atoms with E-state index < -0.39 is 16.1 Å². The number of fused-ring (bicyclic) bond motifs is 1. The van der Waals surface area contributed by atoms with Crippen molar-refractivity contribution in [3.05, 3.63) is 53.9 Å². The fourth-order valence-electron chi connectivity index (χ4n) is 4.83. The predicted molar refractivity (Wildman–Crippen MR) is 156 cm³/mol. The minimum absolute atomic E-state index is 0.0543. The highest BCUT2D eigenvalue weighted by molar-refractivity contribution is 7.92. The van der Waals surface area contributed by atoms with Crippen molar-refractivity contribution in [2.45, 2.75) is 64.8 Å². The fraction of sp³-hybridized carbons (Fsp3) is 0.586. The van der Waals surface area contributed by atoms with Crippen LogP contribution >= 0.6 is 0 Å². The number of sulfonamides is 1. The Hall–Kier alpha value is -2.73. The maximum absolute atomic E-state index is 14.0. The van der Waals surface area contributed by atoms with E-state index in [4.69, 9.17) is 9.47 Å². The summed E-state index contributed by atoms with van der Waals surface area (Å²) in [5, 5.41) is 10.1. The van der Waals surface area contributed by atoms with Gasteiger partial charge in [0.15, 0.2) is 0 Å². The molecule has 40 heavy (non-hydrogen) atoms. The van der Waals surface area contributed by atoms with Crippen LogP contribution < -0.4 is 9.46 Å². The van der Waals surface area contributed by atoms with Crippen LogP contribution in [0.1, 0.15) is 56.0 Å². The first-order valence-corrected chi connectivity index (χ1v) is 15.7. The summed E-state index contributed by atoms with van der Waals surface area (Å²) in [7, 11) is -1.50. The Morgan fingerprint density at radius 3 is 2.60 bits per heavy atom. The van der Waals surface area contributed by atoms with Crippen LogP contribution in [0.2, 0.25) is 0 Å². The van der Waals surface area contributed by atoms with Gasteiger partial charge >= 0.3 is 0 Å². The summed E-state index contributed by atoms with van der Waals surface area (Å²) in [6, 6.07) is 8.24. The number of amides is 1. The number of likely N-dealkylation sites (N-methyl/N-ethyl adjacent to an activating group) is 1. The summed E-state index contributed by atoms with van der Waals surface area (Å²) in [5.74, 6) is -0.00334. The van der Waals surface area contributed by atoms with Gasteiger partial charge in [0.2, 0.25) is 10.0 Å². The zero-order chi connectivity index (χ0) is 29.3.